The van der Waals surface area contributed by atoms with Gasteiger partial charge in [0.15, 0.2) is 22.5 Å². The molecule has 0 fully saturated rings. The quantitative estimate of drug-likeness (QED) is 0.124. The van der Waals surface area contributed by atoms with Crippen LogP contribution in [0.15, 0.2) is 130 Å². The summed E-state index contributed by atoms with van der Waals surface area (Å²) >= 11 is 9.02. The van der Waals surface area contributed by atoms with Gasteiger partial charge in [0.05, 0.1) is 52.2 Å². The number of ether oxygens (including phenoxy) is 2. The lowest BCUT2D eigenvalue weighted by Crippen LogP contribution is -2.28. The zero-order chi connectivity index (χ0) is 36.2. The van der Waals surface area contributed by atoms with Crippen LogP contribution in [0.5, 0.6) is 11.5 Å². The number of thiophene rings is 1. The number of sulfonamides is 1. The minimum atomic E-state index is -4.00. The molecule has 4 aromatic carbocycles. The first-order valence-electron chi connectivity index (χ1n) is 15.9. The van der Waals surface area contributed by atoms with Gasteiger partial charge in [0, 0.05) is 17.7 Å². The molecular formula is C37H31ClN6O5S3. The van der Waals surface area contributed by atoms with Crippen LogP contribution in [-0.4, -0.2) is 59.8 Å². The molecule has 0 saturated carbocycles. The van der Waals surface area contributed by atoms with Gasteiger partial charge < -0.3 is 9.47 Å². The number of para-hydroxylation sites is 2. The molecule has 1 unspecified atom stereocenters. The number of aromatic nitrogens is 3. The van der Waals surface area contributed by atoms with E-state index in [2.05, 4.69) is 14.9 Å². The van der Waals surface area contributed by atoms with Crippen LogP contribution < -0.4 is 14.2 Å². The summed E-state index contributed by atoms with van der Waals surface area (Å²) in [5, 5.41) is 18.0. The topological polar surface area (TPSA) is 128 Å². The standard InChI is InChI=1S/C37H31ClN6O5S3/c1-48-32-18-17-24(21-33(32)49-2)31-22-30(34-16-9-19-50-34)41-44(31)35(45)23-51-37-40-39-36(43(37)26-11-4-3-5-12-26)25-10-8-13-27(20-25)52(46,47)42-29-15-7-6-14-28(29)38/h3-21,31,42H,22-23H2,1-2H3. The van der Waals surface area contributed by atoms with Crippen molar-refractivity contribution in [2.45, 2.75) is 22.5 Å². The number of rotatable bonds is 12. The fourth-order valence-corrected chi connectivity index (χ4v) is 8.64. The minimum absolute atomic E-state index is 0.00610. The highest BCUT2D eigenvalue weighted by Crippen LogP contribution is 2.39. The number of halogens is 1. The van der Waals surface area contributed by atoms with Gasteiger partial charge in [-0.1, -0.05) is 78.0 Å². The van der Waals surface area contributed by atoms with Crippen LogP contribution in [0.2, 0.25) is 5.02 Å². The van der Waals surface area contributed by atoms with E-state index < -0.39 is 10.0 Å². The van der Waals surface area contributed by atoms with Crippen molar-refractivity contribution in [2.24, 2.45) is 5.10 Å². The summed E-state index contributed by atoms with van der Waals surface area (Å²) in [6.07, 6.45) is 0.529. The molecule has 0 aliphatic carbocycles. The molecule has 0 radical (unpaired) electrons. The van der Waals surface area contributed by atoms with E-state index in [0.29, 0.717) is 34.5 Å². The van der Waals surface area contributed by atoms with Gasteiger partial charge >= 0.3 is 0 Å². The summed E-state index contributed by atoms with van der Waals surface area (Å²) in [6, 6.07) is 31.7. The maximum Gasteiger partial charge on any atom is 0.261 e. The Balaban J connectivity index is 1.19. The molecule has 1 amide bonds. The Bertz CT molecular complexity index is 2370. The van der Waals surface area contributed by atoms with Crippen LogP contribution in [0.3, 0.4) is 0 Å². The molecule has 3 heterocycles. The molecular weight excluding hydrogens is 740 g/mol. The van der Waals surface area contributed by atoms with E-state index in [1.807, 2.05) is 66.0 Å². The van der Waals surface area contributed by atoms with Crippen molar-refractivity contribution in [3.8, 4) is 28.6 Å². The first kappa shape index (κ1) is 35.3. The average Bonchev–Trinajstić information content (AvgIpc) is 3.96. The Labute approximate surface area is 313 Å². The number of nitrogens with one attached hydrogen (secondary N) is 1. The number of methoxy groups -OCH3 is 2. The fourth-order valence-electron chi connectivity index (χ4n) is 5.75. The number of hydrogen-bond donors (Lipinski definition) is 1. The molecule has 0 bridgehead atoms. The number of anilines is 1. The second kappa shape index (κ2) is 15.2. The van der Waals surface area contributed by atoms with Crippen molar-refractivity contribution in [1.29, 1.82) is 0 Å². The fraction of sp³-hybridized carbons (Fsp3) is 0.135. The van der Waals surface area contributed by atoms with Gasteiger partial charge in [-0.15, -0.1) is 21.5 Å². The summed E-state index contributed by atoms with van der Waals surface area (Å²) in [4.78, 5) is 15.1. The van der Waals surface area contributed by atoms with Gasteiger partial charge in [0.2, 0.25) is 0 Å². The van der Waals surface area contributed by atoms with Gasteiger partial charge in [0.1, 0.15) is 0 Å². The van der Waals surface area contributed by atoms with Crippen molar-refractivity contribution < 1.29 is 22.7 Å². The molecule has 0 saturated heterocycles. The first-order chi connectivity index (χ1) is 25.3. The number of thioether (sulfide) groups is 1. The molecule has 15 heteroatoms. The van der Waals surface area contributed by atoms with Crippen LogP contribution in [0.1, 0.15) is 22.9 Å². The monoisotopic (exact) mass is 770 g/mol. The van der Waals surface area contributed by atoms with Gasteiger partial charge in [-0.2, -0.15) is 5.10 Å². The molecule has 1 N–H and O–H groups in total. The van der Waals surface area contributed by atoms with Crippen molar-refractivity contribution in [1.82, 2.24) is 19.8 Å². The number of benzene rings is 4. The van der Waals surface area contributed by atoms with Crippen LogP contribution >= 0.6 is 34.7 Å². The Kier molecular flexibility index (Phi) is 10.3. The van der Waals surface area contributed by atoms with Crippen LogP contribution in [0.25, 0.3) is 17.1 Å². The van der Waals surface area contributed by atoms with Crippen molar-refractivity contribution in [2.75, 3.05) is 24.7 Å². The Hall–Kier alpha value is -5.15. The molecule has 6 aromatic rings. The zero-order valence-corrected chi connectivity index (χ0v) is 31.0. The number of nitrogens with zero attached hydrogens (tertiary/aromatic N) is 5. The molecule has 1 aliphatic heterocycles. The van der Waals surface area contributed by atoms with E-state index in [0.717, 1.165) is 21.8 Å². The number of carbonyl (C=O) groups excluding carboxylic acids is 1. The molecule has 2 aromatic heterocycles. The molecule has 7 rings (SSSR count). The lowest BCUT2D eigenvalue weighted by Gasteiger charge is -2.23. The lowest BCUT2D eigenvalue weighted by atomic mass is 10.0. The third kappa shape index (κ3) is 7.28. The molecule has 1 atom stereocenters. The highest BCUT2D eigenvalue weighted by atomic mass is 35.5. The van der Waals surface area contributed by atoms with E-state index in [4.69, 9.17) is 26.2 Å². The molecule has 11 nitrogen and oxygen atoms in total. The Morgan fingerprint density at radius 3 is 2.46 bits per heavy atom. The minimum Gasteiger partial charge on any atom is -0.493 e. The molecule has 1 aliphatic rings. The van der Waals surface area contributed by atoms with Gasteiger partial charge in [-0.3, -0.25) is 14.1 Å². The Morgan fingerprint density at radius 2 is 1.71 bits per heavy atom. The summed E-state index contributed by atoms with van der Waals surface area (Å²) in [5.41, 5.74) is 3.20. The Morgan fingerprint density at radius 1 is 0.923 bits per heavy atom. The smallest absolute Gasteiger partial charge is 0.261 e. The highest BCUT2D eigenvalue weighted by Gasteiger charge is 2.34. The maximum atomic E-state index is 14.1. The highest BCUT2D eigenvalue weighted by molar-refractivity contribution is 7.99. The van der Waals surface area contributed by atoms with E-state index >= 15 is 0 Å². The van der Waals surface area contributed by atoms with Crippen LogP contribution in [0.4, 0.5) is 5.69 Å². The maximum absolute atomic E-state index is 14.1. The van der Waals surface area contributed by atoms with Crippen LogP contribution in [0, 0.1) is 0 Å². The van der Waals surface area contributed by atoms with Crippen molar-refractivity contribution in [3.05, 3.63) is 130 Å². The number of hydrazone groups is 1. The number of amides is 1. The number of hydrogen-bond acceptors (Lipinski definition) is 10. The largest absolute Gasteiger partial charge is 0.493 e. The van der Waals surface area contributed by atoms with Gasteiger partial charge in [-0.25, -0.2) is 13.4 Å². The van der Waals surface area contributed by atoms with Crippen molar-refractivity contribution in [3.63, 3.8) is 0 Å². The van der Waals surface area contributed by atoms with Crippen molar-refractivity contribution >= 4 is 62.0 Å². The van der Waals surface area contributed by atoms with Gasteiger partial charge in [0.25, 0.3) is 15.9 Å². The second-order valence-electron chi connectivity index (χ2n) is 11.5. The van der Waals surface area contributed by atoms with E-state index in [-0.39, 0.29) is 33.3 Å². The average molecular weight is 771 g/mol. The summed E-state index contributed by atoms with van der Waals surface area (Å²) in [5.74, 6) is 1.34. The van der Waals surface area contributed by atoms with Crippen LogP contribution in [-0.2, 0) is 14.8 Å². The SMILES string of the molecule is COc1ccc(C2CC(c3cccs3)=NN2C(=O)CSc2nnc(-c3cccc(S(=O)(=O)Nc4ccccc4Cl)c3)n2-c2ccccc2)cc1OC. The third-order valence-electron chi connectivity index (χ3n) is 8.26. The summed E-state index contributed by atoms with van der Waals surface area (Å²) in [7, 11) is -0.843. The summed E-state index contributed by atoms with van der Waals surface area (Å²) in [6.45, 7) is 0. The van der Waals surface area contributed by atoms with E-state index in [9.17, 15) is 13.2 Å². The lowest BCUT2D eigenvalue weighted by molar-refractivity contribution is -0.130. The summed E-state index contributed by atoms with van der Waals surface area (Å²) < 4.78 is 42.2. The molecule has 264 valence electrons. The predicted molar refractivity (Wildman–Crippen MR) is 204 cm³/mol. The van der Waals surface area contributed by atoms with Gasteiger partial charge in [-0.05, 0) is 65.5 Å². The first-order valence-corrected chi connectivity index (χ1v) is 19.6. The number of carbonyl (C=O) groups is 1. The second-order valence-corrected chi connectivity index (χ2v) is 15.5. The predicted octanol–water partition coefficient (Wildman–Crippen LogP) is 7.94. The molecule has 52 heavy (non-hydrogen) atoms. The molecule has 0 spiro atoms. The normalized spacial score (nSPS) is 14.2. The van der Waals surface area contributed by atoms with E-state index in [1.54, 1.807) is 66.5 Å². The third-order valence-corrected chi connectivity index (χ3v) is 11.8. The van der Waals surface area contributed by atoms with E-state index in [1.165, 1.54) is 28.9 Å². The zero-order valence-electron chi connectivity index (χ0n) is 27.8.